The van der Waals surface area contributed by atoms with Crippen LogP contribution in [0.1, 0.15) is 31.2 Å². The Labute approximate surface area is 144 Å². The van der Waals surface area contributed by atoms with Crippen molar-refractivity contribution in [2.45, 2.75) is 44.2 Å². The van der Waals surface area contributed by atoms with Crippen LogP contribution in [0, 0.1) is 0 Å². The molecule has 2 aliphatic rings. The Kier molecular flexibility index (Phi) is 6.49. The van der Waals surface area contributed by atoms with Gasteiger partial charge in [0.15, 0.2) is 0 Å². The minimum absolute atomic E-state index is 0.102. The third kappa shape index (κ3) is 4.71. The van der Waals surface area contributed by atoms with Crippen LogP contribution in [0.25, 0.3) is 0 Å². The van der Waals surface area contributed by atoms with E-state index in [1.165, 1.54) is 5.56 Å². The van der Waals surface area contributed by atoms with Gasteiger partial charge in [0.25, 0.3) is 0 Å². The lowest BCUT2D eigenvalue weighted by Crippen LogP contribution is -2.55. The van der Waals surface area contributed by atoms with E-state index in [1.807, 2.05) is 18.2 Å². The molecule has 5 heteroatoms. The van der Waals surface area contributed by atoms with E-state index in [9.17, 15) is 4.79 Å². The lowest BCUT2D eigenvalue weighted by atomic mass is 9.99. The molecule has 0 saturated carbocycles. The number of carbonyl (C=O) groups excluding carboxylic acids is 1. The zero-order chi connectivity index (χ0) is 16.6. The average molecular weight is 331 g/mol. The number of nitrogens with one attached hydrogen (secondary N) is 2. The summed E-state index contributed by atoms with van der Waals surface area (Å²) in [5.41, 5.74) is 1.26. The van der Waals surface area contributed by atoms with Gasteiger partial charge in [-0.25, -0.2) is 4.79 Å². The standard InChI is InChI=1S/C19H29N3O2/c23-19(21-13-6-16-4-2-1-3-5-16)22(17-7-11-20-12-8-17)18-9-14-24-15-10-18/h1-5,17-18,20H,6-15H2,(H,21,23). The summed E-state index contributed by atoms with van der Waals surface area (Å²) >= 11 is 0. The summed E-state index contributed by atoms with van der Waals surface area (Å²) in [5.74, 6) is 0. The molecule has 0 aromatic heterocycles. The molecule has 2 amide bonds. The third-order valence-electron chi connectivity index (χ3n) is 5.05. The molecule has 2 aliphatic heterocycles. The largest absolute Gasteiger partial charge is 0.381 e. The molecule has 0 atom stereocenters. The summed E-state index contributed by atoms with van der Waals surface area (Å²) in [6.07, 6.45) is 4.87. The second-order valence-corrected chi connectivity index (χ2v) is 6.70. The molecule has 2 saturated heterocycles. The minimum atomic E-state index is 0.102. The van der Waals surface area contributed by atoms with Crippen LogP contribution in [0.15, 0.2) is 30.3 Å². The third-order valence-corrected chi connectivity index (χ3v) is 5.05. The van der Waals surface area contributed by atoms with E-state index in [2.05, 4.69) is 27.7 Å². The first-order chi connectivity index (χ1) is 11.8. The summed E-state index contributed by atoms with van der Waals surface area (Å²) in [6.45, 7) is 4.23. The van der Waals surface area contributed by atoms with Gasteiger partial charge in [-0.3, -0.25) is 0 Å². The molecular formula is C19H29N3O2. The van der Waals surface area contributed by atoms with Crippen molar-refractivity contribution in [1.82, 2.24) is 15.5 Å². The maximum atomic E-state index is 12.9. The number of benzene rings is 1. The molecule has 0 aliphatic carbocycles. The number of nitrogens with zero attached hydrogens (tertiary/aromatic N) is 1. The number of ether oxygens (including phenoxy) is 1. The zero-order valence-electron chi connectivity index (χ0n) is 14.4. The van der Waals surface area contributed by atoms with Gasteiger partial charge in [-0.15, -0.1) is 0 Å². The van der Waals surface area contributed by atoms with Gasteiger partial charge < -0.3 is 20.3 Å². The fourth-order valence-corrected chi connectivity index (χ4v) is 3.73. The summed E-state index contributed by atoms with van der Waals surface area (Å²) < 4.78 is 5.49. The Morgan fingerprint density at radius 3 is 2.46 bits per heavy atom. The van der Waals surface area contributed by atoms with Crippen LogP contribution in [-0.4, -0.2) is 55.9 Å². The van der Waals surface area contributed by atoms with E-state index in [-0.39, 0.29) is 6.03 Å². The fraction of sp³-hybridized carbons (Fsp3) is 0.632. The molecule has 2 N–H and O–H groups in total. The lowest BCUT2D eigenvalue weighted by molar-refractivity contribution is 0.0285. The molecule has 3 rings (SSSR count). The molecular weight excluding hydrogens is 302 g/mol. The highest BCUT2D eigenvalue weighted by Crippen LogP contribution is 2.22. The monoisotopic (exact) mass is 331 g/mol. The maximum Gasteiger partial charge on any atom is 0.317 e. The fourth-order valence-electron chi connectivity index (χ4n) is 3.73. The van der Waals surface area contributed by atoms with Gasteiger partial charge in [0.2, 0.25) is 0 Å². The number of carbonyl (C=O) groups is 1. The number of rotatable bonds is 5. The molecule has 1 aromatic carbocycles. The molecule has 1 aromatic rings. The lowest BCUT2D eigenvalue weighted by Gasteiger charge is -2.41. The van der Waals surface area contributed by atoms with Gasteiger partial charge in [0.05, 0.1) is 0 Å². The van der Waals surface area contributed by atoms with Crippen molar-refractivity contribution in [3.05, 3.63) is 35.9 Å². The van der Waals surface area contributed by atoms with Crippen molar-refractivity contribution in [2.24, 2.45) is 0 Å². The van der Waals surface area contributed by atoms with E-state index < -0.39 is 0 Å². The minimum Gasteiger partial charge on any atom is -0.381 e. The molecule has 2 fully saturated rings. The predicted molar refractivity (Wildman–Crippen MR) is 95.1 cm³/mol. The van der Waals surface area contributed by atoms with E-state index in [4.69, 9.17) is 4.74 Å². The van der Waals surface area contributed by atoms with Gasteiger partial charge in [-0.1, -0.05) is 30.3 Å². The number of hydrogen-bond acceptors (Lipinski definition) is 3. The highest BCUT2D eigenvalue weighted by atomic mass is 16.5. The topological polar surface area (TPSA) is 53.6 Å². The molecule has 0 spiro atoms. The Balaban J connectivity index is 1.57. The first-order valence-electron chi connectivity index (χ1n) is 9.23. The van der Waals surface area contributed by atoms with Crippen LogP contribution in [0.2, 0.25) is 0 Å². The van der Waals surface area contributed by atoms with Gasteiger partial charge >= 0.3 is 6.03 Å². The molecule has 132 valence electrons. The normalized spacial score (nSPS) is 19.8. The summed E-state index contributed by atoms with van der Waals surface area (Å²) in [6, 6.07) is 11.1. The van der Waals surface area contributed by atoms with E-state index >= 15 is 0 Å². The van der Waals surface area contributed by atoms with Crippen molar-refractivity contribution >= 4 is 6.03 Å². The van der Waals surface area contributed by atoms with Gasteiger partial charge in [-0.05, 0) is 50.8 Å². The van der Waals surface area contributed by atoms with Gasteiger partial charge in [0, 0.05) is 31.8 Å². The summed E-state index contributed by atoms with van der Waals surface area (Å²) in [5, 5.41) is 6.54. The molecule has 2 heterocycles. The van der Waals surface area contributed by atoms with Crippen LogP contribution in [-0.2, 0) is 11.2 Å². The molecule has 0 unspecified atom stereocenters. The van der Waals surface area contributed by atoms with Crippen molar-refractivity contribution in [2.75, 3.05) is 32.8 Å². The summed E-state index contributed by atoms with van der Waals surface area (Å²) in [7, 11) is 0. The zero-order valence-corrected chi connectivity index (χ0v) is 14.4. The predicted octanol–water partition coefficient (Wildman–Crippen LogP) is 2.17. The van der Waals surface area contributed by atoms with Crippen LogP contribution in [0.5, 0.6) is 0 Å². The van der Waals surface area contributed by atoms with E-state index in [0.29, 0.717) is 18.6 Å². The van der Waals surface area contributed by atoms with Crippen LogP contribution >= 0.6 is 0 Å². The van der Waals surface area contributed by atoms with E-state index in [1.54, 1.807) is 0 Å². The smallest absolute Gasteiger partial charge is 0.317 e. The highest BCUT2D eigenvalue weighted by Gasteiger charge is 2.32. The first kappa shape index (κ1) is 17.2. The molecule has 5 nitrogen and oxygen atoms in total. The maximum absolute atomic E-state index is 12.9. The Bertz CT molecular complexity index is 479. The quantitative estimate of drug-likeness (QED) is 0.869. The Hall–Kier alpha value is -1.59. The molecule has 24 heavy (non-hydrogen) atoms. The van der Waals surface area contributed by atoms with Gasteiger partial charge in [0.1, 0.15) is 0 Å². The SMILES string of the molecule is O=C(NCCc1ccccc1)N(C1CCNCC1)C1CCOCC1. The number of hydrogen-bond donors (Lipinski definition) is 2. The number of piperidine rings is 1. The average Bonchev–Trinajstić information content (AvgIpc) is 2.65. The van der Waals surface area contributed by atoms with Crippen LogP contribution < -0.4 is 10.6 Å². The molecule has 0 radical (unpaired) electrons. The van der Waals surface area contributed by atoms with Crippen molar-refractivity contribution < 1.29 is 9.53 Å². The van der Waals surface area contributed by atoms with Crippen molar-refractivity contribution in [1.29, 1.82) is 0 Å². The first-order valence-corrected chi connectivity index (χ1v) is 9.23. The second-order valence-electron chi connectivity index (χ2n) is 6.70. The summed E-state index contributed by atoms with van der Waals surface area (Å²) in [4.78, 5) is 15.0. The number of amides is 2. The number of urea groups is 1. The molecule has 0 bridgehead atoms. The van der Waals surface area contributed by atoms with Crippen molar-refractivity contribution in [3.8, 4) is 0 Å². The van der Waals surface area contributed by atoms with Crippen molar-refractivity contribution in [3.63, 3.8) is 0 Å². The highest BCUT2D eigenvalue weighted by molar-refractivity contribution is 5.75. The van der Waals surface area contributed by atoms with Gasteiger partial charge in [-0.2, -0.15) is 0 Å². The Morgan fingerprint density at radius 1 is 1.08 bits per heavy atom. The van der Waals surface area contributed by atoms with Crippen LogP contribution in [0.4, 0.5) is 4.79 Å². The second kappa shape index (κ2) is 9.04. The van der Waals surface area contributed by atoms with Crippen LogP contribution in [0.3, 0.4) is 0 Å². The Morgan fingerprint density at radius 2 is 1.75 bits per heavy atom. The van der Waals surface area contributed by atoms with E-state index in [0.717, 1.165) is 58.4 Å².